The number of hydrogen-bond acceptors (Lipinski definition) is 0. The van der Waals surface area contributed by atoms with Gasteiger partial charge in [-0.2, -0.15) is 0 Å². The van der Waals surface area contributed by atoms with Gasteiger partial charge in [0.2, 0.25) is 0 Å². The third-order valence-corrected chi connectivity index (χ3v) is 13.9. The Labute approximate surface area is 370 Å². The van der Waals surface area contributed by atoms with Crippen molar-refractivity contribution in [3.63, 3.8) is 0 Å². The molecule has 13 aromatic rings. The predicted molar refractivity (Wildman–Crippen MR) is 271 cm³/mol. The molecule has 0 amide bonds. The normalized spacial score (nSPS) is 12.1. The minimum absolute atomic E-state index is 1.14. The molecule has 0 saturated heterocycles. The predicted octanol–water partition coefficient (Wildman–Crippen LogP) is 16.8. The first-order valence-electron chi connectivity index (χ1n) is 22.2. The standard InChI is InChI=1S/C62H38N2/c1-2-15-45(16-3-1)63-58-23-9-8-20-51(58)52-33-27-43(38-60(52)63)42-29-35-59-57(36-42)55-34-26-39-12-4-5-19-49(39)62(55)64(59)46-30-24-40(25-31-46)47-17-6-7-18-48(47)44-28-32-50-53-21-10-13-41-14-11-22-54(61(41)53)56(50)37-44/h1-38H. The minimum Gasteiger partial charge on any atom is -0.309 e. The van der Waals surface area contributed by atoms with Crippen LogP contribution in [0.2, 0.25) is 0 Å². The largest absolute Gasteiger partial charge is 0.309 e. The van der Waals surface area contributed by atoms with Gasteiger partial charge in [0.25, 0.3) is 0 Å². The summed E-state index contributed by atoms with van der Waals surface area (Å²) in [5.74, 6) is 0. The fourth-order valence-electron chi connectivity index (χ4n) is 11.0. The molecule has 64 heavy (non-hydrogen) atoms. The van der Waals surface area contributed by atoms with E-state index in [1.807, 2.05) is 0 Å². The zero-order valence-corrected chi connectivity index (χ0v) is 34.8. The van der Waals surface area contributed by atoms with Crippen molar-refractivity contribution in [2.45, 2.75) is 0 Å². The Morgan fingerprint density at radius 2 is 0.812 bits per heavy atom. The molecule has 1 aliphatic rings. The van der Waals surface area contributed by atoms with Crippen molar-refractivity contribution in [2.75, 3.05) is 0 Å². The Bertz CT molecular complexity index is 4050. The van der Waals surface area contributed by atoms with E-state index in [0.29, 0.717) is 0 Å². The van der Waals surface area contributed by atoms with Gasteiger partial charge in [0, 0.05) is 38.3 Å². The SMILES string of the molecule is c1ccc(-n2c3ccccc3c3ccc(-c4ccc5c(c4)c4ccc6ccccc6c4n5-c4ccc(-c5ccccc5-c5ccc6c(c5)-c5cccc7cccc-6c57)cc4)cc32)cc1. The van der Waals surface area contributed by atoms with Gasteiger partial charge in [-0.3, -0.25) is 0 Å². The first kappa shape index (κ1) is 35.2. The van der Waals surface area contributed by atoms with Crippen LogP contribution in [0.1, 0.15) is 0 Å². The number of nitrogens with zero attached hydrogens (tertiary/aromatic N) is 2. The van der Waals surface area contributed by atoms with Crippen molar-refractivity contribution in [3.8, 4) is 67.0 Å². The molecule has 0 radical (unpaired) electrons. The molecule has 11 aromatic carbocycles. The first-order valence-corrected chi connectivity index (χ1v) is 22.2. The van der Waals surface area contributed by atoms with Crippen LogP contribution < -0.4 is 0 Å². The molecule has 2 aromatic heterocycles. The number of hydrogen-bond donors (Lipinski definition) is 0. The maximum absolute atomic E-state index is 2.47. The van der Waals surface area contributed by atoms with Gasteiger partial charge in [-0.15, -0.1) is 0 Å². The lowest BCUT2D eigenvalue weighted by Gasteiger charge is -2.14. The minimum atomic E-state index is 1.14. The highest BCUT2D eigenvalue weighted by atomic mass is 15.0. The van der Waals surface area contributed by atoms with Gasteiger partial charge >= 0.3 is 0 Å². The van der Waals surface area contributed by atoms with Crippen LogP contribution in [0.15, 0.2) is 231 Å². The van der Waals surface area contributed by atoms with Crippen molar-refractivity contribution in [3.05, 3.63) is 231 Å². The van der Waals surface area contributed by atoms with Crippen LogP contribution in [0.5, 0.6) is 0 Å². The van der Waals surface area contributed by atoms with Gasteiger partial charge in [-0.05, 0) is 126 Å². The molecule has 0 aliphatic heterocycles. The Balaban J connectivity index is 0.899. The summed E-state index contributed by atoms with van der Waals surface area (Å²) in [5.41, 5.74) is 19.7. The molecular formula is C62H38N2. The summed E-state index contributed by atoms with van der Waals surface area (Å²) < 4.78 is 4.87. The third-order valence-electron chi connectivity index (χ3n) is 13.9. The Kier molecular flexibility index (Phi) is 7.43. The van der Waals surface area contributed by atoms with E-state index in [1.165, 1.54) is 126 Å². The monoisotopic (exact) mass is 810 g/mol. The molecule has 2 heterocycles. The lowest BCUT2D eigenvalue weighted by molar-refractivity contribution is 1.18. The van der Waals surface area contributed by atoms with Crippen molar-refractivity contribution in [1.82, 2.24) is 9.13 Å². The zero-order chi connectivity index (χ0) is 41.9. The fraction of sp³-hybridized carbons (Fsp3) is 0. The molecule has 2 nitrogen and oxygen atoms in total. The highest BCUT2D eigenvalue weighted by molar-refractivity contribution is 6.20. The summed E-state index contributed by atoms with van der Waals surface area (Å²) in [4.78, 5) is 0. The third kappa shape index (κ3) is 5.08. The van der Waals surface area contributed by atoms with Crippen molar-refractivity contribution < 1.29 is 0 Å². The Morgan fingerprint density at radius 1 is 0.234 bits per heavy atom. The van der Waals surface area contributed by atoms with Crippen LogP contribution in [-0.4, -0.2) is 9.13 Å². The number of benzene rings is 11. The van der Waals surface area contributed by atoms with Gasteiger partial charge in [-0.25, -0.2) is 0 Å². The van der Waals surface area contributed by atoms with Gasteiger partial charge in [0.15, 0.2) is 0 Å². The molecule has 296 valence electrons. The van der Waals surface area contributed by atoms with E-state index in [9.17, 15) is 0 Å². The summed E-state index contributed by atoms with van der Waals surface area (Å²) in [7, 11) is 0. The molecule has 0 unspecified atom stereocenters. The summed E-state index contributed by atoms with van der Waals surface area (Å²) >= 11 is 0. The zero-order valence-electron chi connectivity index (χ0n) is 34.8. The van der Waals surface area contributed by atoms with E-state index in [0.717, 1.165) is 5.69 Å². The van der Waals surface area contributed by atoms with Gasteiger partial charge in [0.05, 0.1) is 22.1 Å². The van der Waals surface area contributed by atoms with E-state index in [1.54, 1.807) is 0 Å². The molecule has 0 saturated carbocycles. The van der Waals surface area contributed by atoms with E-state index >= 15 is 0 Å². The highest BCUT2D eigenvalue weighted by Gasteiger charge is 2.23. The maximum atomic E-state index is 2.47. The molecular weight excluding hydrogens is 773 g/mol. The molecule has 0 atom stereocenters. The molecule has 2 heteroatoms. The lowest BCUT2D eigenvalue weighted by atomic mass is 9.92. The fourth-order valence-corrected chi connectivity index (χ4v) is 11.0. The van der Waals surface area contributed by atoms with Crippen molar-refractivity contribution in [1.29, 1.82) is 0 Å². The second-order valence-electron chi connectivity index (χ2n) is 17.2. The quantitative estimate of drug-likeness (QED) is 0.164. The van der Waals surface area contributed by atoms with Gasteiger partial charge < -0.3 is 9.13 Å². The molecule has 0 bridgehead atoms. The van der Waals surface area contributed by atoms with E-state index in [-0.39, 0.29) is 0 Å². The Hall–Kier alpha value is -8.46. The van der Waals surface area contributed by atoms with Crippen molar-refractivity contribution >= 4 is 65.2 Å². The molecule has 0 N–H and O–H groups in total. The summed E-state index contributed by atoms with van der Waals surface area (Å²) in [6.07, 6.45) is 0. The van der Waals surface area contributed by atoms with E-state index < -0.39 is 0 Å². The highest BCUT2D eigenvalue weighted by Crippen LogP contribution is 2.49. The smallest absolute Gasteiger partial charge is 0.0619 e. The number of fused-ring (bicyclic) bond motifs is 11. The van der Waals surface area contributed by atoms with Crippen LogP contribution >= 0.6 is 0 Å². The topological polar surface area (TPSA) is 9.86 Å². The summed E-state index contributed by atoms with van der Waals surface area (Å²) in [6, 6.07) is 85.3. The van der Waals surface area contributed by atoms with E-state index in [2.05, 4.69) is 240 Å². The summed E-state index contributed by atoms with van der Waals surface area (Å²) in [6.45, 7) is 0. The molecule has 0 spiro atoms. The molecule has 0 fully saturated rings. The van der Waals surface area contributed by atoms with Crippen LogP contribution in [0.4, 0.5) is 0 Å². The lowest BCUT2D eigenvalue weighted by Crippen LogP contribution is -1.95. The van der Waals surface area contributed by atoms with Gasteiger partial charge in [-0.1, -0.05) is 176 Å². The van der Waals surface area contributed by atoms with E-state index in [4.69, 9.17) is 0 Å². The first-order chi connectivity index (χ1) is 31.7. The Morgan fingerprint density at radius 3 is 1.66 bits per heavy atom. The van der Waals surface area contributed by atoms with Crippen LogP contribution in [-0.2, 0) is 0 Å². The van der Waals surface area contributed by atoms with Gasteiger partial charge in [0.1, 0.15) is 0 Å². The average molecular weight is 811 g/mol. The van der Waals surface area contributed by atoms with Crippen LogP contribution in [0, 0.1) is 0 Å². The second-order valence-corrected chi connectivity index (χ2v) is 17.2. The molecule has 1 aliphatic carbocycles. The van der Waals surface area contributed by atoms with Crippen LogP contribution in [0.3, 0.4) is 0 Å². The number of para-hydroxylation sites is 2. The van der Waals surface area contributed by atoms with Crippen LogP contribution in [0.25, 0.3) is 132 Å². The summed E-state index contributed by atoms with van der Waals surface area (Å²) in [5, 5.41) is 10.2. The number of aromatic nitrogens is 2. The number of rotatable bonds is 5. The molecule has 14 rings (SSSR count). The second kappa shape index (κ2) is 13.5. The average Bonchev–Trinajstić information content (AvgIpc) is 4.00. The van der Waals surface area contributed by atoms with Crippen molar-refractivity contribution in [2.24, 2.45) is 0 Å². The maximum Gasteiger partial charge on any atom is 0.0619 e.